The van der Waals surface area contributed by atoms with Crippen molar-refractivity contribution in [1.82, 2.24) is 4.98 Å². The number of hydrogen-bond donors (Lipinski definition) is 2. The van der Waals surface area contributed by atoms with E-state index in [1.807, 2.05) is 0 Å². The fourth-order valence-corrected chi connectivity index (χ4v) is 0.856. The lowest BCUT2D eigenvalue weighted by atomic mass is 10.2. The van der Waals surface area contributed by atoms with E-state index in [-0.39, 0.29) is 12.3 Å². The van der Waals surface area contributed by atoms with E-state index in [4.69, 9.17) is 11.5 Å². The number of pyridine rings is 1. The Morgan fingerprint density at radius 2 is 2.38 bits per heavy atom. The zero-order valence-corrected chi connectivity index (χ0v) is 7.10. The summed E-state index contributed by atoms with van der Waals surface area (Å²) in [6, 6.07) is 3.50. The summed E-state index contributed by atoms with van der Waals surface area (Å²) < 4.78 is 0. The van der Waals surface area contributed by atoms with Crippen LogP contribution in [0.3, 0.4) is 0 Å². The van der Waals surface area contributed by atoms with Crippen LogP contribution in [0.5, 0.6) is 0 Å². The molecule has 4 N–H and O–H groups in total. The first-order valence-electron chi connectivity index (χ1n) is 3.85. The van der Waals surface area contributed by atoms with Crippen molar-refractivity contribution in [3.63, 3.8) is 0 Å². The first-order valence-corrected chi connectivity index (χ1v) is 3.85. The molecule has 1 aromatic heterocycles. The van der Waals surface area contributed by atoms with Gasteiger partial charge in [-0.2, -0.15) is 0 Å². The van der Waals surface area contributed by atoms with Crippen molar-refractivity contribution in [2.24, 2.45) is 5.73 Å². The normalized spacial score (nSPS) is 10.5. The van der Waals surface area contributed by atoms with Crippen molar-refractivity contribution < 1.29 is 4.79 Å². The van der Waals surface area contributed by atoms with Crippen LogP contribution in [0, 0.1) is 0 Å². The Balaban J connectivity index is 2.68. The maximum Gasteiger partial charge on any atom is 0.221 e. The number of aromatic nitrogens is 1. The van der Waals surface area contributed by atoms with Crippen LogP contribution in [0.1, 0.15) is 12.1 Å². The van der Waals surface area contributed by atoms with Crippen LogP contribution in [-0.2, 0) is 4.79 Å². The van der Waals surface area contributed by atoms with Gasteiger partial charge in [0, 0.05) is 12.6 Å². The Kier molecular flexibility index (Phi) is 3.03. The minimum Gasteiger partial charge on any atom is -0.397 e. The number of nitrogen functional groups attached to an aromatic ring is 1. The minimum absolute atomic E-state index is 0.204. The molecule has 4 heteroatoms. The number of hydrogen-bond acceptors (Lipinski definition) is 3. The highest BCUT2D eigenvalue weighted by Crippen LogP contribution is 2.08. The van der Waals surface area contributed by atoms with Gasteiger partial charge >= 0.3 is 0 Å². The van der Waals surface area contributed by atoms with Gasteiger partial charge in [0.15, 0.2) is 0 Å². The van der Waals surface area contributed by atoms with E-state index in [1.54, 1.807) is 30.5 Å². The SMILES string of the molecule is NC(=O)CC=Cc1ncccc1N. The van der Waals surface area contributed by atoms with Gasteiger partial charge in [-0.15, -0.1) is 0 Å². The van der Waals surface area contributed by atoms with Crippen LogP contribution in [-0.4, -0.2) is 10.9 Å². The van der Waals surface area contributed by atoms with E-state index in [0.717, 1.165) is 0 Å². The number of carbonyl (C=O) groups excluding carboxylic acids is 1. The predicted octanol–water partition coefficient (Wildman–Crippen LogP) is 0.552. The Hall–Kier alpha value is -1.84. The van der Waals surface area contributed by atoms with Crippen molar-refractivity contribution in [2.45, 2.75) is 6.42 Å². The van der Waals surface area contributed by atoms with E-state index in [9.17, 15) is 4.79 Å². The van der Waals surface area contributed by atoms with Gasteiger partial charge in [0.2, 0.25) is 5.91 Å². The second-order valence-corrected chi connectivity index (χ2v) is 2.55. The molecule has 0 aliphatic heterocycles. The summed E-state index contributed by atoms with van der Waals surface area (Å²) in [6.45, 7) is 0. The summed E-state index contributed by atoms with van der Waals surface area (Å²) in [5.74, 6) is -0.370. The molecule has 0 radical (unpaired) electrons. The number of carbonyl (C=O) groups is 1. The highest BCUT2D eigenvalue weighted by molar-refractivity contribution is 5.76. The smallest absolute Gasteiger partial charge is 0.221 e. The number of nitrogens with zero attached hydrogens (tertiary/aromatic N) is 1. The summed E-state index contributed by atoms with van der Waals surface area (Å²) in [4.78, 5) is 14.4. The first kappa shape index (κ1) is 9.25. The molecule has 1 heterocycles. The topological polar surface area (TPSA) is 82.0 Å². The van der Waals surface area contributed by atoms with Crippen molar-refractivity contribution in [3.05, 3.63) is 30.1 Å². The number of amides is 1. The van der Waals surface area contributed by atoms with E-state index in [0.29, 0.717) is 11.4 Å². The van der Waals surface area contributed by atoms with Gasteiger partial charge in [-0.25, -0.2) is 0 Å². The highest BCUT2D eigenvalue weighted by atomic mass is 16.1. The third-order valence-electron chi connectivity index (χ3n) is 1.47. The minimum atomic E-state index is -0.370. The molecular formula is C9H11N3O. The molecule has 1 aromatic rings. The molecule has 0 spiro atoms. The number of primary amides is 1. The third kappa shape index (κ3) is 2.94. The summed E-state index contributed by atoms with van der Waals surface area (Å²) in [6.07, 6.45) is 5.16. The van der Waals surface area contributed by atoms with Gasteiger partial charge in [0.05, 0.1) is 11.4 Å². The molecule has 0 fully saturated rings. The van der Waals surface area contributed by atoms with Crippen LogP contribution in [0.2, 0.25) is 0 Å². The third-order valence-corrected chi connectivity index (χ3v) is 1.47. The van der Waals surface area contributed by atoms with Crippen LogP contribution in [0.4, 0.5) is 5.69 Å². The lowest BCUT2D eigenvalue weighted by Crippen LogP contribution is -2.07. The van der Waals surface area contributed by atoms with Gasteiger partial charge in [-0.3, -0.25) is 9.78 Å². The molecule has 0 aliphatic carbocycles. The van der Waals surface area contributed by atoms with Gasteiger partial charge in [0.25, 0.3) is 0 Å². The Morgan fingerprint density at radius 3 is 3.00 bits per heavy atom. The maximum absolute atomic E-state index is 10.4. The summed E-state index contributed by atoms with van der Waals surface area (Å²) in [5, 5.41) is 0. The Morgan fingerprint density at radius 1 is 1.62 bits per heavy atom. The molecule has 0 aromatic carbocycles. The number of rotatable bonds is 3. The average Bonchev–Trinajstić information content (AvgIpc) is 2.08. The van der Waals surface area contributed by atoms with E-state index >= 15 is 0 Å². The van der Waals surface area contributed by atoms with E-state index in [1.165, 1.54) is 0 Å². The van der Waals surface area contributed by atoms with Gasteiger partial charge in [-0.1, -0.05) is 6.08 Å². The summed E-state index contributed by atoms with van der Waals surface area (Å²) in [5.41, 5.74) is 11.8. The fraction of sp³-hybridized carbons (Fsp3) is 0.111. The zero-order chi connectivity index (χ0) is 9.68. The molecule has 0 saturated heterocycles. The van der Waals surface area contributed by atoms with Gasteiger partial charge < -0.3 is 11.5 Å². The fourth-order valence-electron chi connectivity index (χ4n) is 0.856. The zero-order valence-electron chi connectivity index (χ0n) is 7.10. The standard InChI is InChI=1S/C9H11N3O/c10-7-3-2-6-12-8(7)4-1-5-9(11)13/h1-4,6H,5,10H2,(H2,11,13). The first-order chi connectivity index (χ1) is 6.20. The molecular weight excluding hydrogens is 166 g/mol. The molecule has 0 aliphatic rings. The lowest BCUT2D eigenvalue weighted by molar-refractivity contribution is -0.117. The van der Waals surface area contributed by atoms with Crippen molar-refractivity contribution >= 4 is 17.7 Å². The van der Waals surface area contributed by atoms with Crippen LogP contribution < -0.4 is 11.5 Å². The second kappa shape index (κ2) is 4.25. The molecule has 0 saturated carbocycles. The summed E-state index contributed by atoms with van der Waals surface area (Å²) >= 11 is 0. The maximum atomic E-state index is 10.4. The molecule has 4 nitrogen and oxygen atoms in total. The Labute approximate surface area is 76.3 Å². The summed E-state index contributed by atoms with van der Waals surface area (Å²) in [7, 11) is 0. The molecule has 1 rings (SSSR count). The van der Waals surface area contributed by atoms with Gasteiger partial charge in [-0.05, 0) is 18.2 Å². The number of nitrogens with two attached hydrogens (primary N) is 2. The molecule has 0 atom stereocenters. The van der Waals surface area contributed by atoms with E-state index < -0.39 is 0 Å². The van der Waals surface area contributed by atoms with Gasteiger partial charge in [0.1, 0.15) is 0 Å². The molecule has 13 heavy (non-hydrogen) atoms. The Bertz CT molecular complexity index is 333. The molecule has 0 bridgehead atoms. The monoisotopic (exact) mass is 177 g/mol. The van der Waals surface area contributed by atoms with Crippen molar-refractivity contribution in [3.8, 4) is 0 Å². The highest BCUT2D eigenvalue weighted by Gasteiger charge is 1.93. The van der Waals surface area contributed by atoms with Crippen LogP contribution in [0.15, 0.2) is 24.4 Å². The molecule has 68 valence electrons. The second-order valence-electron chi connectivity index (χ2n) is 2.55. The lowest BCUT2D eigenvalue weighted by Gasteiger charge is -1.96. The van der Waals surface area contributed by atoms with Crippen molar-refractivity contribution in [1.29, 1.82) is 0 Å². The predicted molar refractivity (Wildman–Crippen MR) is 51.5 cm³/mol. The number of anilines is 1. The average molecular weight is 177 g/mol. The van der Waals surface area contributed by atoms with Crippen LogP contribution >= 0.6 is 0 Å². The largest absolute Gasteiger partial charge is 0.397 e. The van der Waals surface area contributed by atoms with Crippen molar-refractivity contribution in [2.75, 3.05) is 5.73 Å². The van der Waals surface area contributed by atoms with E-state index in [2.05, 4.69) is 4.98 Å². The molecule has 1 amide bonds. The van der Waals surface area contributed by atoms with Crippen LogP contribution in [0.25, 0.3) is 6.08 Å². The quantitative estimate of drug-likeness (QED) is 0.707. The molecule has 0 unspecified atom stereocenters.